The van der Waals surface area contributed by atoms with Crippen molar-refractivity contribution in [1.29, 1.82) is 0 Å². The quantitative estimate of drug-likeness (QED) is 0.893. The molecule has 1 atom stereocenters. The van der Waals surface area contributed by atoms with E-state index in [2.05, 4.69) is 11.8 Å². The third kappa shape index (κ3) is 2.94. The van der Waals surface area contributed by atoms with Crippen LogP contribution in [0.3, 0.4) is 0 Å². The smallest absolute Gasteiger partial charge is 0.0640 e. The molecule has 0 bridgehead atoms. The first-order chi connectivity index (χ1) is 8.09. The van der Waals surface area contributed by atoms with Crippen molar-refractivity contribution in [2.24, 2.45) is 5.73 Å². The van der Waals surface area contributed by atoms with Crippen molar-refractivity contribution in [3.8, 4) is 0 Å². The van der Waals surface area contributed by atoms with Crippen molar-refractivity contribution in [3.05, 3.63) is 33.8 Å². The molecule has 0 spiro atoms. The monoisotopic (exact) mass is 272 g/mol. The van der Waals surface area contributed by atoms with Crippen LogP contribution in [0, 0.1) is 0 Å². The highest BCUT2D eigenvalue weighted by molar-refractivity contribution is 6.42. The molecular formula is C13H18Cl2N2. The van der Waals surface area contributed by atoms with Crippen LogP contribution in [-0.2, 0) is 0 Å². The lowest BCUT2D eigenvalue weighted by atomic mass is 10.0. The van der Waals surface area contributed by atoms with Gasteiger partial charge >= 0.3 is 0 Å². The minimum absolute atomic E-state index is 0.300. The summed E-state index contributed by atoms with van der Waals surface area (Å²) in [7, 11) is 0. The van der Waals surface area contributed by atoms with E-state index in [9.17, 15) is 0 Å². The Morgan fingerprint density at radius 2 is 1.94 bits per heavy atom. The summed E-state index contributed by atoms with van der Waals surface area (Å²) in [6.45, 7) is 4.24. The largest absolute Gasteiger partial charge is 0.328 e. The average molecular weight is 273 g/mol. The molecule has 1 fully saturated rings. The van der Waals surface area contributed by atoms with E-state index in [-0.39, 0.29) is 0 Å². The SMILES string of the molecule is CC(c1cccc(Cl)c1Cl)N1CCC(N)CC1. The normalized spacial score (nSPS) is 20.5. The van der Waals surface area contributed by atoms with Crippen molar-refractivity contribution in [2.75, 3.05) is 13.1 Å². The lowest BCUT2D eigenvalue weighted by Crippen LogP contribution is -2.40. The van der Waals surface area contributed by atoms with E-state index < -0.39 is 0 Å². The van der Waals surface area contributed by atoms with Crippen molar-refractivity contribution in [2.45, 2.75) is 31.8 Å². The lowest BCUT2D eigenvalue weighted by molar-refractivity contribution is 0.163. The van der Waals surface area contributed by atoms with E-state index in [4.69, 9.17) is 28.9 Å². The number of benzene rings is 1. The first-order valence-corrected chi connectivity index (χ1v) is 6.78. The Morgan fingerprint density at radius 1 is 1.29 bits per heavy atom. The first-order valence-electron chi connectivity index (χ1n) is 6.03. The molecule has 1 aromatic rings. The Kier molecular flexibility index (Phi) is 4.31. The van der Waals surface area contributed by atoms with E-state index in [1.807, 2.05) is 18.2 Å². The summed E-state index contributed by atoms with van der Waals surface area (Å²) in [5.74, 6) is 0. The van der Waals surface area contributed by atoms with Gasteiger partial charge in [-0.2, -0.15) is 0 Å². The van der Waals surface area contributed by atoms with Crippen LogP contribution < -0.4 is 5.73 Å². The van der Waals surface area contributed by atoms with Gasteiger partial charge in [-0.3, -0.25) is 4.90 Å². The van der Waals surface area contributed by atoms with E-state index in [0.717, 1.165) is 31.5 Å². The van der Waals surface area contributed by atoms with Gasteiger partial charge in [0.25, 0.3) is 0 Å². The number of nitrogens with zero attached hydrogens (tertiary/aromatic N) is 1. The maximum Gasteiger partial charge on any atom is 0.0640 e. The summed E-state index contributed by atoms with van der Waals surface area (Å²) >= 11 is 12.3. The van der Waals surface area contributed by atoms with Gasteiger partial charge in [-0.15, -0.1) is 0 Å². The summed E-state index contributed by atoms with van der Waals surface area (Å²) in [5, 5.41) is 1.31. The second-order valence-corrected chi connectivity index (χ2v) is 5.48. The molecule has 1 saturated heterocycles. The molecule has 0 aliphatic carbocycles. The maximum absolute atomic E-state index is 6.25. The minimum atomic E-state index is 0.300. The standard InChI is InChI=1S/C13H18Cl2N2/c1-9(17-7-5-10(16)6-8-17)11-3-2-4-12(14)13(11)15/h2-4,9-10H,5-8,16H2,1H3. The molecule has 1 aliphatic heterocycles. The van der Waals surface area contributed by atoms with Crippen LogP contribution in [0.25, 0.3) is 0 Å². The average Bonchev–Trinajstić information content (AvgIpc) is 2.33. The fourth-order valence-electron chi connectivity index (χ4n) is 2.35. The van der Waals surface area contributed by atoms with Gasteiger partial charge < -0.3 is 5.73 Å². The Bertz CT molecular complexity index is 387. The number of hydrogen-bond acceptors (Lipinski definition) is 2. The maximum atomic E-state index is 6.25. The van der Waals surface area contributed by atoms with Crippen molar-refractivity contribution < 1.29 is 0 Å². The van der Waals surface area contributed by atoms with Gasteiger partial charge in [0, 0.05) is 25.2 Å². The van der Waals surface area contributed by atoms with Crippen LogP contribution in [0.15, 0.2) is 18.2 Å². The zero-order chi connectivity index (χ0) is 12.4. The number of piperidine rings is 1. The first kappa shape index (κ1) is 13.2. The Morgan fingerprint density at radius 3 is 2.59 bits per heavy atom. The topological polar surface area (TPSA) is 29.3 Å². The molecule has 2 rings (SSSR count). The van der Waals surface area contributed by atoms with Gasteiger partial charge in [-0.05, 0) is 31.4 Å². The number of rotatable bonds is 2. The highest BCUT2D eigenvalue weighted by Crippen LogP contribution is 2.33. The number of halogens is 2. The zero-order valence-electron chi connectivity index (χ0n) is 10.00. The van der Waals surface area contributed by atoms with Gasteiger partial charge in [-0.25, -0.2) is 0 Å². The molecule has 1 unspecified atom stereocenters. The van der Waals surface area contributed by atoms with Gasteiger partial charge in [0.2, 0.25) is 0 Å². The Balaban J connectivity index is 2.14. The van der Waals surface area contributed by atoms with Crippen LogP contribution in [0.1, 0.15) is 31.4 Å². The van der Waals surface area contributed by atoms with E-state index in [1.54, 1.807) is 0 Å². The van der Waals surface area contributed by atoms with Crippen LogP contribution in [-0.4, -0.2) is 24.0 Å². The van der Waals surface area contributed by atoms with E-state index in [0.29, 0.717) is 22.1 Å². The molecule has 0 amide bonds. The predicted molar refractivity (Wildman–Crippen MR) is 73.7 cm³/mol. The molecule has 1 aliphatic rings. The van der Waals surface area contributed by atoms with Crippen LogP contribution in [0.5, 0.6) is 0 Å². The number of nitrogens with two attached hydrogens (primary N) is 1. The number of likely N-dealkylation sites (tertiary alicyclic amines) is 1. The second kappa shape index (κ2) is 5.57. The van der Waals surface area contributed by atoms with Crippen LogP contribution in [0.4, 0.5) is 0 Å². The summed E-state index contributed by atoms with van der Waals surface area (Å²) in [6, 6.07) is 6.48. The summed E-state index contributed by atoms with van der Waals surface area (Å²) in [5.41, 5.74) is 7.02. The van der Waals surface area contributed by atoms with Crippen LogP contribution in [0.2, 0.25) is 10.0 Å². The van der Waals surface area contributed by atoms with Gasteiger partial charge in [0.05, 0.1) is 10.0 Å². The third-order valence-electron chi connectivity index (χ3n) is 3.55. The minimum Gasteiger partial charge on any atom is -0.328 e. The highest BCUT2D eigenvalue weighted by atomic mass is 35.5. The number of hydrogen-bond donors (Lipinski definition) is 1. The van der Waals surface area contributed by atoms with Crippen molar-refractivity contribution in [1.82, 2.24) is 4.90 Å². The van der Waals surface area contributed by atoms with Gasteiger partial charge in [0.1, 0.15) is 0 Å². The lowest BCUT2D eigenvalue weighted by Gasteiger charge is -2.35. The molecule has 0 aromatic heterocycles. The Labute approximate surface area is 113 Å². The second-order valence-electron chi connectivity index (χ2n) is 4.69. The van der Waals surface area contributed by atoms with Gasteiger partial charge in [0.15, 0.2) is 0 Å². The van der Waals surface area contributed by atoms with E-state index >= 15 is 0 Å². The Hall–Kier alpha value is -0.280. The highest BCUT2D eigenvalue weighted by Gasteiger charge is 2.23. The van der Waals surface area contributed by atoms with Gasteiger partial charge in [-0.1, -0.05) is 35.3 Å². The molecule has 4 heteroatoms. The molecule has 1 aromatic carbocycles. The molecule has 94 valence electrons. The summed E-state index contributed by atoms with van der Waals surface area (Å²) < 4.78 is 0. The fraction of sp³-hybridized carbons (Fsp3) is 0.538. The molecule has 0 radical (unpaired) electrons. The molecule has 0 saturated carbocycles. The summed E-state index contributed by atoms with van der Waals surface area (Å²) in [6.07, 6.45) is 2.12. The molecule has 2 nitrogen and oxygen atoms in total. The fourth-order valence-corrected chi connectivity index (χ4v) is 2.81. The zero-order valence-corrected chi connectivity index (χ0v) is 11.5. The van der Waals surface area contributed by atoms with Crippen molar-refractivity contribution >= 4 is 23.2 Å². The third-order valence-corrected chi connectivity index (χ3v) is 4.39. The predicted octanol–water partition coefficient (Wildman–Crippen LogP) is 3.48. The van der Waals surface area contributed by atoms with Crippen molar-refractivity contribution in [3.63, 3.8) is 0 Å². The molecule has 1 heterocycles. The molecule has 2 N–H and O–H groups in total. The van der Waals surface area contributed by atoms with Crippen LogP contribution >= 0.6 is 23.2 Å². The molecular weight excluding hydrogens is 255 g/mol. The molecule has 17 heavy (non-hydrogen) atoms. The van der Waals surface area contributed by atoms with E-state index in [1.165, 1.54) is 0 Å². The summed E-state index contributed by atoms with van der Waals surface area (Å²) in [4.78, 5) is 2.42.